The molecular formula is C28H25ClFN8O2+. The SMILES string of the molecule is COC(=O)Nc1ccc(-c2cnn(C(CC3CC3)c3ccc(-c4c(-[n+]5cnn[nH]5)ccc(Cl)c4F)cn3)c2)cc1. The molecule has 2 N–H and O–H groups in total. The van der Waals surface area contributed by atoms with Crippen molar-refractivity contribution in [3.8, 4) is 27.9 Å². The molecule has 2 aromatic carbocycles. The van der Waals surface area contributed by atoms with Crippen molar-refractivity contribution in [1.29, 1.82) is 0 Å². The standard InChI is InChI=1S/C28H24ClFN8O2/c1-40-28(39)34-21-7-4-18(5-8-21)20-14-33-37(15-20)25(12-17-2-3-17)23-10-6-19(13-31-23)26-24(38-16-32-35-36-38)11-9-22(29)27(26)30/h4-11,13-17,25H,2-3,12H2,1H3,(H,34,39)/p+1. The summed E-state index contributed by atoms with van der Waals surface area (Å²) in [5, 5.41) is 17.6. The van der Waals surface area contributed by atoms with E-state index in [4.69, 9.17) is 16.6 Å². The van der Waals surface area contributed by atoms with Crippen LogP contribution in [0.4, 0.5) is 14.9 Å². The summed E-state index contributed by atoms with van der Waals surface area (Å²) >= 11 is 6.13. The highest BCUT2D eigenvalue weighted by Gasteiger charge is 2.29. The van der Waals surface area contributed by atoms with Crippen LogP contribution in [0, 0.1) is 11.7 Å². The Morgan fingerprint density at radius 2 is 1.95 bits per heavy atom. The van der Waals surface area contributed by atoms with E-state index in [0.29, 0.717) is 28.4 Å². The first kappa shape index (κ1) is 25.6. The number of carbonyl (C=O) groups excluding carboxylic acids is 1. The molecule has 6 rings (SSSR count). The minimum Gasteiger partial charge on any atom is -0.453 e. The van der Waals surface area contributed by atoms with Crippen LogP contribution in [0.25, 0.3) is 27.9 Å². The molecular weight excluding hydrogens is 535 g/mol. The molecule has 1 fully saturated rings. The van der Waals surface area contributed by atoms with E-state index in [9.17, 15) is 4.79 Å². The van der Waals surface area contributed by atoms with Gasteiger partial charge in [0.2, 0.25) is 0 Å². The van der Waals surface area contributed by atoms with Crippen LogP contribution in [0.15, 0.2) is 73.4 Å². The van der Waals surface area contributed by atoms with Gasteiger partial charge in [-0.25, -0.2) is 9.18 Å². The van der Waals surface area contributed by atoms with Crippen LogP contribution in [0.1, 0.15) is 31.0 Å². The van der Waals surface area contributed by atoms with Gasteiger partial charge in [-0.1, -0.05) is 47.9 Å². The number of anilines is 1. The van der Waals surface area contributed by atoms with Crippen molar-refractivity contribution in [2.75, 3.05) is 12.4 Å². The van der Waals surface area contributed by atoms with Crippen molar-refractivity contribution in [3.05, 3.63) is 90.0 Å². The molecule has 1 unspecified atom stereocenters. The number of nitrogens with zero attached hydrogens (tertiary/aromatic N) is 6. The number of aromatic amines is 1. The third-order valence-corrected chi connectivity index (χ3v) is 7.24. The second-order valence-electron chi connectivity index (χ2n) is 9.63. The molecule has 5 aromatic rings. The van der Waals surface area contributed by atoms with Crippen molar-refractivity contribution in [2.24, 2.45) is 5.92 Å². The van der Waals surface area contributed by atoms with Gasteiger partial charge in [-0.3, -0.25) is 15.0 Å². The van der Waals surface area contributed by atoms with Crippen LogP contribution < -0.4 is 10.00 Å². The molecule has 0 saturated heterocycles. The number of aromatic nitrogens is 7. The number of ether oxygens (including phenoxy) is 1. The third kappa shape index (κ3) is 5.28. The van der Waals surface area contributed by atoms with E-state index in [1.165, 1.54) is 37.0 Å². The number of tetrazole rings is 1. The molecule has 1 saturated carbocycles. The zero-order valence-corrected chi connectivity index (χ0v) is 22.2. The lowest BCUT2D eigenvalue weighted by atomic mass is 10.0. The Morgan fingerprint density at radius 1 is 1.15 bits per heavy atom. The molecule has 3 aromatic heterocycles. The van der Waals surface area contributed by atoms with Gasteiger partial charge in [-0.05, 0) is 48.2 Å². The topological polar surface area (TPSA) is 114 Å². The van der Waals surface area contributed by atoms with E-state index in [1.807, 2.05) is 53.5 Å². The predicted molar refractivity (Wildman–Crippen MR) is 145 cm³/mol. The van der Waals surface area contributed by atoms with Crippen molar-refractivity contribution >= 4 is 23.4 Å². The van der Waals surface area contributed by atoms with Gasteiger partial charge >= 0.3 is 6.09 Å². The van der Waals surface area contributed by atoms with Crippen molar-refractivity contribution < 1.29 is 18.6 Å². The van der Waals surface area contributed by atoms with E-state index < -0.39 is 11.9 Å². The van der Waals surface area contributed by atoms with E-state index in [0.717, 1.165) is 23.2 Å². The molecule has 12 heteroatoms. The highest BCUT2D eigenvalue weighted by atomic mass is 35.5. The summed E-state index contributed by atoms with van der Waals surface area (Å²) in [6.45, 7) is 0. The molecule has 1 aliphatic carbocycles. The molecule has 0 radical (unpaired) electrons. The number of amides is 1. The number of carbonyl (C=O) groups is 1. The minimum atomic E-state index is -0.546. The number of rotatable bonds is 8. The molecule has 40 heavy (non-hydrogen) atoms. The molecule has 3 heterocycles. The zero-order valence-electron chi connectivity index (χ0n) is 21.5. The number of hydrogen-bond acceptors (Lipinski definition) is 6. The van der Waals surface area contributed by atoms with Crippen molar-refractivity contribution in [3.63, 3.8) is 0 Å². The summed E-state index contributed by atoms with van der Waals surface area (Å²) in [5.41, 5.74) is 4.77. The monoisotopic (exact) mass is 559 g/mol. The second kappa shape index (κ2) is 10.9. The van der Waals surface area contributed by atoms with Crippen molar-refractivity contribution in [2.45, 2.75) is 25.3 Å². The number of halogens is 2. The average molecular weight is 560 g/mol. The maximum absolute atomic E-state index is 15.2. The fraction of sp³-hybridized carbons (Fsp3) is 0.214. The summed E-state index contributed by atoms with van der Waals surface area (Å²) in [5.74, 6) is 0.0685. The first-order valence-electron chi connectivity index (χ1n) is 12.7. The molecule has 1 amide bonds. The number of H-pyrrole nitrogens is 1. The molecule has 0 aliphatic heterocycles. The lowest BCUT2D eigenvalue weighted by Crippen LogP contribution is -2.33. The summed E-state index contributed by atoms with van der Waals surface area (Å²) in [6.07, 6.45) is 9.69. The Morgan fingerprint density at radius 3 is 2.62 bits per heavy atom. The lowest BCUT2D eigenvalue weighted by molar-refractivity contribution is -0.659. The largest absolute Gasteiger partial charge is 0.453 e. The third-order valence-electron chi connectivity index (χ3n) is 6.95. The lowest BCUT2D eigenvalue weighted by Gasteiger charge is -2.18. The minimum absolute atomic E-state index is 0.0145. The first-order valence-corrected chi connectivity index (χ1v) is 13.1. The summed E-state index contributed by atoms with van der Waals surface area (Å²) in [7, 11) is 1.32. The predicted octanol–water partition coefficient (Wildman–Crippen LogP) is 5.37. The second-order valence-corrected chi connectivity index (χ2v) is 10.0. The Labute approximate surface area is 233 Å². The Balaban J connectivity index is 1.29. The van der Waals surface area contributed by atoms with Gasteiger partial charge in [0, 0.05) is 29.2 Å². The van der Waals surface area contributed by atoms with Crippen LogP contribution in [-0.2, 0) is 4.74 Å². The van der Waals surface area contributed by atoms with Gasteiger partial charge < -0.3 is 4.74 Å². The number of methoxy groups -OCH3 is 1. The molecule has 202 valence electrons. The smallest absolute Gasteiger partial charge is 0.411 e. The van der Waals surface area contributed by atoms with Gasteiger partial charge in [0.25, 0.3) is 6.33 Å². The summed E-state index contributed by atoms with van der Waals surface area (Å²) < 4.78 is 23.3. The van der Waals surface area contributed by atoms with Crippen LogP contribution >= 0.6 is 11.6 Å². The van der Waals surface area contributed by atoms with Gasteiger partial charge in [0.15, 0.2) is 11.0 Å². The zero-order chi connectivity index (χ0) is 27.6. The quantitative estimate of drug-likeness (QED) is 0.247. The molecule has 1 atom stereocenters. The van der Waals surface area contributed by atoms with E-state index in [2.05, 4.69) is 30.7 Å². The van der Waals surface area contributed by atoms with Crippen LogP contribution in [0.3, 0.4) is 0 Å². The van der Waals surface area contributed by atoms with Crippen LogP contribution in [0.5, 0.6) is 0 Å². The van der Waals surface area contributed by atoms with Crippen LogP contribution in [-0.4, -0.2) is 43.5 Å². The number of benzene rings is 2. The van der Waals surface area contributed by atoms with Gasteiger partial charge in [0.05, 0.1) is 35.6 Å². The van der Waals surface area contributed by atoms with E-state index in [-0.39, 0.29) is 11.1 Å². The normalized spacial score (nSPS) is 13.7. The van der Waals surface area contributed by atoms with Gasteiger partial charge in [0.1, 0.15) is 10.8 Å². The summed E-state index contributed by atoms with van der Waals surface area (Å²) in [6, 6.07) is 14.3. The van der Waals surface area contributed by atoms with Crippen LogP contribution in [0.2, 0.25) is 5.02 Å². The van der Waals surface area contributed by atoms with E-state index in [1.54, 1.807) is 12.3 Å². The van der Waals surface area contributed by atoms with Crippen molar-refractivity contribution in [1.82, 2.24) is 30.3 Å². The molecule has 1 aliphatic rings. The molecule has 0 bridgehead atoms. The highest BCUT2D eigenvalue weighted by molar-refractivity contribution is 6.31. The Bertz CT molecular complexity index is 1630. The Hall–Kier alpha value is -4.64. The fourth-order valence-corrected chi connectivity index (χ4v) is 4.82. The summed E-state index contributed by atoms with van der Waals surface area (Å²) in [4.78, 5) is 16.2. The first-order chi connectivity index (χ1) is 19.5. The van der Waals surface area contributed by atoms with E-state index >= 15 is 4.39 Å². The number of nitrogens with one attached hydrogen (secondary N) is 2. The maximum Gasteiger partial charge on any atom is 0.411 e. The Kier molecular flexibility index (Phi) is 6.95. The molecule has 0 spiro atoms. The average Bonchev–Trinajstić information content (AvgIpc) is 3.41. The van der Waals surface area contributed by atoms with Gasteiger partial charge in [-0.2, -0.15) is 5.10 Å². The maximum atomic E-state index is 15.2. The number of pyridine rings is 1. The number of hydrogen-bond donors (Lipinski definition) is 2. The highest BCUT2D eigenvalue weighted by Crippen LogP contribution is 2.40. The molecule has 10 nitrogen and oxygen atoms in total. The fourth-order valence-electron chi connectivity index (χ4n) is 4.67. The van der Waals surface area contributed by atoms with Gasteiger partial charge in [-0.15, -0.1) is 4.68 Å².